The van der Waals surface area contributed by atoms with Crippen LogP contribution in [0.4, 0.5) is 0 Å². The summed E-state index contributed by atoms with van der Waals surface area (Å²) in [7, 11) is 0. The van der Waals surface area contributed by atoms with Crippen LogP contribution in [0.2, 0.25) is 0 Å². The number of nitrogens with one attached hydrogen (secondary N) is 2. The monoisotopic (exact) mass is 232 g/mol. The van der Waals surface area contributed by atoms with Crippen LogP contribution in [0.5, 0.6) is 0 Å². The molecule has 0 aliphatic heterocycles. The van der Waals surface area contributed by atoms with Crippen molar-refractivity contribution < 1.29 is 14.4 Å². The normalized spacial score (nSPS) is 9.24. The third kappa shape index (κ3) is 3.90. The van der Waals surface area contributed by atoms with Gasteiger partial charge in [0.1, 0.15) is 0 Å². The van der Waals surface area contributed by atoms with Gasteiger partial charge in [0.2, 0.25) is 5.91 Å². The number of benzene rings is 1. The van der Waals surface area contributed by atoms with Crippen LogP contribution in [0.25, 0.3) is 0 Å². The van der Waals surface area contributed by atoms with Crippen LogP contribution in [0, 0.1) is 0 Å². The quantitative estimate of drug-likeness (QED) is 0.749. The van der Waals surface area contributed by atoms with Crippen molar-refractivity contribution in [3.05, 3.63) is 48.2 Å². The lowest BCUT2D eigenvalue weighted by molar-refractivity contribution is -0.122. The smallest absolute Gasteiger partial charge is 0.273 e. The van der Waals surface area contributed by atoms with Gasteiger partial charge in [0, 0.05) is 12.5 Å². The molecule has 0 bridgehead atoms. The Morgan fingerprint density at radius 1 is 1.06 bits per heavy atom. The first-order valence-corrected chi connectivity index (χ1v) is 4.88. The van der Waals surface area contributed by atoms with Gasteiger partial charge in [-0.1, -0.05) is 24.8 Å². The van der Waals surface area contributed by atoms with E-state index in [1.54, 1.807) is 30.3 Å². The van der Waals surface area contributed by atoms with E-state index in [0.29, 0.717) is 5.56 Å². The van der Waals surface area contributed by atoms with E-state index in [1.807, 2.05) is 0 Å². The Kier molecular flexibility index (Phi) is 4.16. The molecule has 1 aromatic rings. The molecule has 0 radical (unpaired) electrons. The maximum atomic E-state index is 11.6. The zero-order chi connectivity index (χ0) is 12.8. The van der Waals surface area contributed by atoms with Crippen LogP contribution in [0.3, 0.4) is 0 Å². The Hall–Kier alpha value is -2.43. The van der Waals surface area contributed by atoms with Crippen molar-refractivity contribution in [3.63, 3.8) is 0 Å². The fourth-order valence-corrected chi connectivity index (χ4v) is 1.11. The summed E-state index contributed by atoms with van der Waals surface area (Å²) in [6.45, 7) is 4.59. The lowest BCUT2D eigenvalue weighted by Gasteiger charge is -2.06. The van der Waals surface area contributed by atoms with Gasteiger partial charge in [0.25, 0.3) is 11.8 Å². The lowest BCUT2D eigenvalue weighted by Crippen LogP contribution is -2.36. The number of hydrogen-bond donors (Lipinski definition) is 2. The van der Waals surface area contributed by atoms with Crippen LogP contribution in [0.15, 0.2) is 42.6 Å². The molecule has 0 aromatic heterocycles. The molecule has 1 aromatic carbocycles. The molecule has 5 heteroatoms. The predicted molar refractivity (Wildman–Crippen MR) is 61.9 cm³/mol. The Morgan fingerprint density at radius 2 is 1.65 bits per heavy atom. The van der Waals surface area contributed by atoms with Gasteiger partial charge in [-0.15, -0.1) is 0 Å². The minimum absolute atomic E-state index is 0.165. The van der Waals surface area contributed by atoms with Crippen LogP contribution >= 0.6 is 0 Å². The number of imide groups is 1. The molecule has 88 valence electrons. The van der Waals surface area contributed by atoms with E-state index in [-0.39, 0.29) is 5.70 Å². The standard InChI is InChI=1S/C12H12N2O3/c1-8(13-9(2)15)11(16)14-12(17)10-6-4-3-5-7-10/h3-7H,1H2,2H3,(H,13,15)(H,14,16,17). The average molecular weight is 232 g/mol. The number of carbonyl (C=O) groups is 3. The molecule has 0 fully saturated rings. The lowest BCUT2D eigenvalue weighted by atomic mass is 10.2. The molecule has 0 saturated heterocycles. The second-order valence-corrected chi connectivity index (χ2v) is 3.31. The highest BCUT2D eigenvalue weighted by Crippen LogP contribution is 1.98. The fourth-order valence-electron chi connectivity index (χ4n) is 1.11. The predicted octanol–water partition coefficient (Wildman–Crippen LogP) is 0.593. The highest BCUT2D eigenvalue weighted by molar-refractivity contribution is 6.10. The van der Waals surface area contributed by atoms with Crippen molar-refractivity contribution in [1.82, 2.24) is 10.6 Å². The van der Waals surface area contributed by atoms with E-state index in [2.05, 4.69) is 17.2 Å². The number of rotatable bonds is 3. The van der Waals surface area contributed by atoms with Gasteiger partial charge in [0.15, 0.2) is 0 Å². The highest BCUT2D eigenvalue weighted by Gasteiger charge is 2.13. The fraction of sp³-hybridized carbons (Fsp3) is 0.0833. The first-order valence-electron chi connectivity index (χ1n) is 4.88. The molecule has 0 unspecified atom stereocenters. The van der Waals surface area contributed by atoms with Crippen LogP contribution in [-0.4, -0.2) is 17.7 Å². The molecule has 0 atom stereocenters. The molecule has 0 aliphatic rings. The minimum Gasteiger partial charge on any atom is -0.322 e. The minimum atomic E-state index is -0.728. The molecule has 3 amide bonds. The summed E-state index contributed by atoms with van der Waals surface area (Å²) in [6, 6.07) is 8.27. The van der Waals surface area contributed by atoms with E-state index in [4.69, 9.17) is 0 Å². The van der Waals surface area contributed by atoms with E-state index in [9.17, 15) is 14.4 Å². The first kappa shape index (κ1) is 12.6. The Morgan fingerprint density at radius 3 is 2.18 bits per heavy atom. The zero-order valence-electron chi connectivity index (χ0n) is 9.32. The zero-order valence-corrected chi connectivity index (χ0v) is 9.32. The molecule has 1 rings (SSSR count). The van der Waals surface area contributed by atoms with Gasteiger partial charge < -0.3 is 5.32 Å². The summed E-state index contributed by atoms with van der Waals surface area (Å²) in [4.78, 5) is 33.7. The van der Waals surface area contributed by atoms with Gasteiger partial charge in [-0.05, 0) is 12.1 Å². The second kappa shape index (κ2) is 5.60. The summed E-state index contributed by atoms with van der Waals surface area (Å²) < 4.78 is 0. The van der Waals surface area contributed by atoms with Gasteiger partial charge in [-0.2, -0.15) is 0 Å². The SMILES string of the molecule is C=C(NC(C)=O)C(=O)NC(=O)c1ccccc1. The molecule has 0 spiro atoms. The molecule has 5 nitrogen and oxygen atoms in total. The Balaban J connectivity index is 2.61. The van der Waals surface area contributed by atoms with Crippen molar-refractivity contribution in [1.29, 1.82) is 0 Å². The van der Waals surface area contributed by atoms with Crippen LogP contribution in [-0.2, 0) is 9.59 Å². The summed E-state index contributed by atoms with van der Waals surface area (Å²) in [5, 5.41) is 4.31. The Bertz CT molecular complexity index is 466. The van der Waals surface area contributed by atoms with E-state index >= 15 is 0 Å². The maximum Gasteiger partial charge on any atom is 0.273 e. The third-order valence-electron chi connectivity index (χ3n) is 1.86. The summed E-state index contributed by atoms with van der Waals surface area (Å²) in [5.74, 6) is -1.69. The molecule has 0 aliphatic carbocycles. The van der Waals surface area contributed by atoms with E-state index in [0.717, 1.165) is 0 Å². The highest BCUT2D eigenvalue weighted by atomic mass is 16.2. The number of carbonyl (C=O) groups excluding carboxylic acids is 3. The number of amides is 3. The summed E-state index contributed by atoms with van der Waals surface area (Å²) in [5.41, 5.74) is 0.193. The van der Waals surface area contributed by atoms with Crippen molar-refractivity contribution in [3.8, 4) is 0 Å². The second-order valence-electron chi connectivity index (χ2n) is 3.31. The van der Waals surface area contributed by atoms with Crippen molar-refractivity contribution >= 4 is 17.7 Å². The first-order chi connectivity index (χ1) is 8.00. The molecule has 0 heterocycles. The molecule has 0 saturated carbocycles. The van der Waals surface area contributed by atoms with Gasteiger partial charge in [0.05, 0.1) is 5.70 Å². The molecular formula is C12H12N2O3. The van der Waals surface area contributed by atoms with Crippen molar-refractivity contribution in [2.24, 2.45) is 0 Å². The van der Waals surface area contributed by atoms with E-state index < -0.39 is 17.7 Å². The summed E-state index contributed by atoms with van der Waals surface area (Å²) in [6.07, 6.45) is 0. The van der Waals surface area contributed by atoms with Gasteiger partial charge in [-0.3, -0.25) is 19.7 Å². The van der Waals surface area contributed by atoms with Gasteiger partial charge >= 0.3 is 0 Å². The molecule has 2 N–H and O–H groups in total. The number of hydrogen-bond acceptors (Lipinski definition) is 3. The van der Waals surface area contributed by atoms with Crippen LogP contribution in [0.1, 0.15) is 17.3 Å². The largest absolute Gasteiger partial charge is 0.322 e. The van der Waals surface area contributed by atoms with Crippen LogP contribution < -0.4 is 10.6 Å². The van der Waals surface area contributed by atoms with Crippen molar-refractivity contribution in [2.75, 3.05) is 0 Å². The Labute approximate surface area is 98.5 Å². The van der Waals surface area contributed by atoms with Crippen molar-refractivity contribution in [2.45, 2.75) is 6.92 Å². The summed E-state index contributed by atoms with van der Waals surface area (Å²) >= 11 is 0. The van der Waals surface area contributed by atoms with E-state index in [1.165, 1.54) is 6.92 Å². The average Bonchev–Trinajstić information content (AvgIpc) is 2.29. The maximum absolute atomic E-state index is 11.6. The topological polar surface area (TPSA) is 75.3 Å². The molecule has 17 heavy (non-hydrogen) atoms. The third-order valence-corrected chi connectivity index (χ3v) is 1.86. The molecular weight excluding hydrogens is 220 g/mol. The van der Waals surface area contributed by atoms with Gasteiger partial charge in [-0.25, -0.2) is 0 Å².